The third kappa shape index (κ3) is 2.81. The fourth-order valence-electron chi connectivity index (χ4n) is 2.06. The third-order valence-corrected chi connectivity index (χ3v) is 3.46. The molecule has 0 spiro atoms. The summed E-state index contributed by atoms with van der Waals surface area (Å²) >= 11 is 0. The molecule has 1 aromatic carbocycles. The predicted molar refractivity (Wildman–Crippen MR) is 69.6 cm³/mol. The van der Waals surface area contributed by atoms with Gasteiger partial charge < -0.3 is 9.84 Å². The van der Waals surface area contributed by atoms with Gasteiger partial charge in [0.2, 0.25) is 0 Å². The van der Waals surface area contributed by atoms with Crippen molar-refractivity contribution in [3.8, 4) is 5.75 Å². The molecule has 0 aliphatic heterocycles. The fraction of sp³-hybridized carbons (Fsp3) is 0.600. The number of rotatable bonds is 4. The lowest BCUT2D eigenvalue weighted by Gasteiger charge is -2.19. The SMILES string of the molecule is Cc1ccc(CC2(O)CC2)c(OC(C)C)c1C. The van der Waals surface area contributed by atoms with Crippen molar-refractivity contribution in [1.29, 1.82) is 0 Å². The highest BCUT2D eigenvalue weighted by Gasteiger charge is 2.41. The fourth-order valence-corrected chi connectivity index (χ4v) is 2.06. The lowest BCUT2D eigenvalue weighted by Crippen LogP contribution is -2.15. The monoisotopic (exact) mass is 234 g/mol. The van der Waals surface area contributed by atoms with Crippen molar-refractivity contribution in [2.45, 2.75) is 58.7 Å². The van der Waals surface area contributed by atoms with E-state index in [0.717, 1.165) is 30.6 Å². The molecule has 0 amide bonds. The molecule has 0 heterocycles. The van der Waals surface area contributed by atoms with E-state index in [4.69, 9.17) is 4.74 Å². The Kier molecular flexibility index (Phi) is 3.17. The van der Waals surface area contributed by atoms with Crippen LogP contribution in [0.2, 0.25) is 0 Å². The summed E-state index contributed by atoms with van der Waals surface area (Å²) in [4.78, 5) is 0. The topological polar surface area (TPSA) is 29.5 Å². The molecule has 0 saturated heterocycles. The van der Waals surface area contributed by atoms with Crippen molar-refractivity contribution < 1.29 is 9.84 Å². The summed E-state index contributed by atoms with van der Waals surface area (Å²) in [6.07, 6.45) is 2.72. The molecule has 1 saturated carbocycles. The van der Waals surface area contributed by atoms with Gasteiger partial charge in [0, 0.05) is 6.42 Å². The first-order valence-electron chi connectivity index (χ1n) is 6.39. The quantitative estimate of drug-likeness (QED) is 0.867. The van der Waals surface area contributed by atoms with Gasteiger partial charge in [-0.15, -0.1) is 0 Å². The van der Waals surface area contributed by atoms with Crippen molar-refractivity contribution >= 4 is 0 Å². The number of ether oxygens (including phenoxy) is 1. The van der Waals surface area contributed by atoms with Gasteiger partial charge in [0.1, 0.15) is 5.75 Å². The number of hydrogen-bond acceptors (Lipinski definition) is 2. The normalized spacial score (nSPS) is 17.3. The molecule has 1 aliphatic carbocycles. The maximum Gasteiger partial charge on any atom is 0.126 e. The van der Waals surface area contributed by atoms with Gasteiger partial charge in [0.25, 0.3) is 0 Å². The highest BCUT2D eigenvalue weighted by Crippen LogP contribution is 2.41. The molecule has 1 aliphatic rings. The number of aliphatic hydroxyl groups is 1. The molecular weight excluding hydrogens is 212 g/mol. The molecule has 17 heavy (non-hydrogen) atoms. The maximum atomic E-state index is 10.0. The average molecular weight is 234 g/mol. The van der Waals surface area contributed by atoms with E-state index in [1.54, 1.807) is 0 Å². The van der Waals surface area contributed by atoms with Crippen molar-refractivity contribution in [2.24, 2.45) is 0 Å². The van der Waals surface area contributed by atoms with Crippen LogP contribution in [0.3, 0.4) is 0 Å². The molecule has 1 fully saturated rings. The zero-order chi connectivity index (χ0) is 12.6. The largest absolute Gasteiger partial charge is 0.490 e. The summed E-state index contributed by atoms with van der Waals surface area (Å²) in [5, 5.41) is 10.0. The van der Waals surface area contributed by atoms with Gasteiger partial charge in [-0.1, -0.05) is 12.1 Å². The van der Waals surface area contributed by atoms with Crippen LogP contribution in [0, 0.1) is 13.8 Å². The first-order chi connectivity index (χ1) is 7.91. The van der Waals surface area contributed by atoms with E-state index in [1.807, 2.05) is 13.8 Å². The van der Waals surface area contributed by atoms with E-state index < -0.39 is 5.60 Å². The molecule has 2 rings (SSSR count). The van der Waals surface area contributed by atoms with E-state index in [-0.39, 0.29) is 6.10 Å². The zero-order valence-electron chi connectivity index (χ0n) is 11.2. The Morgan fingerprint density at radius 2 is 1.94 bits per heavy atom. The highest BCUT2D eigenvalue weighted by molar-refractivity contribution is 5.46. The molecule has 94 valence electrons. The van der Waals surface area contributed by atoms with Crippen molar-refractivity contribution in [2.75, 3.05) is 0 Å². The predicted octanol–water partition coefficient (Wildman–Crippen LogP) is 3.16. The number of hydrogen-bond donors (Lipinski definition) is 1. The molecule has 2 heteroatoms. The lowest BCUT2D eigenvalue weighted by atomic mass is 9.99. The van der Waals surface area contributed by atoms with Crippen LogP contribution < -0.4 is 4.74 Å². The van der Waals surface area contributed by atoms with E-state index in [1.165, 1.54) is 11.1 Å². The van der Waals surface area contributed by atoms with Crippen LogP contribution in [0.1, 0.15) is 43.4 Å². The van der Waals surface area contributed by atoms with E-state index in [0.29, 0.717) is 0 Å². The molecule has 2 nitrogen and oxygen atoms in total. The van der Waals surface area contributed by atoms with Gasteiger partial charge in [-0.2, -0.15) is 0 Å². The summed E-state index contributed by atoms with van der Waals surface area (Å²) in [5.74, 6) is 0.973. The van der Waals surface area contributed by atoms with E-state index >= 15 is 0 Å². The Morgan fingerprint density at radius 3 is 2.47 bits per heavy atom. The first-order valence-corrected chi connectivity index (χ1v) is 6.39. The molecule has 0 radical (unpaired) electrons. The van der Waals surface area contributed by atoms with Crippen LogP contribution >= 0.6 is 0 Å². The lowest BCUT2D eigenvalue weighted by molar-refractivity contribution is 0.148. The van der Waals surface area contributed by atoms with Crippen molar-refractivity contribution in [1.82, 2.24) is 0 Å². The Labute approximate surface area is 104 Å². The van der Waals surface area contributed by atoms with E-state index in [2.05, 4.69) is 26.0 Å². The molecule has 0 unspecified atom stereocenters. The summed E-state index contributed by atoms with van der Waals surface area (Å²) in [6.45, 7) is 8.26. The average Bonchev–Trinajstić information content (AvgIpc) is 2.96. The molecule has 0 aromatic heterocycles. The summed E-state index contributed by atoms with van der Waals surface area (Å²) in [7, 11) is 0. The first kappa shape index (κ1) is 12.4. The van der Waals surface area contributed by atoms with Gasteiger partial charge in [-0.3, -0.25) is 0 Å². The van der Waals surface area contributed by atoms with Gasteiger partial charge in [-0.05, 0) is 57.2 Å². The van der Waals surface area contributed by atoms with Crippen LogP contribution in [0.15, 0.2) is 12.1 Å². The summed E-state index contributed by atoms with van der Waals surface area (Å²) < 4.78 is 5.92. The zero-order valence-corrected chi connectivity index (χ0v) is 11.2. The standard InChI is InChI=1S/C15H22O2/c1-10(2)17-14-12(4)11(3)5-6-13(14)9-15(16)7-8-15/h5-6,10,16H,7-9H2,1-4H3. The van der Waals surface area contributed by atoms with Crippen LogP contribution in [-0.2, 0) is 6.42 Å². The Morgan fingerprint density at radius 1 is 1.29 bits per heavy atom. The second kappa shape index (κ2) is 4.34. The Bertz CT molecular complexity index is 417. The molecule has 1 N–H and O–H groups in total. The maximum absolute atomic E-state index is 10.0. The number of benzene rings is 1. The second-order valence-corrected chi connectivity index (χ2v) is 5.56. The smallest absolute Gasteiger partial charge is 0.126 e. The van der Waals surface area contributed by atoms with Gasteiger partial charge in [0.15, 0.2) is 0 Å². The minimum absolute atomic E-state index is 0.170. The minimum Gasteiger partial charge on any atom is -0.490 e. The van der Waals surface area contributed by atoms with Crippen LogP contribution in [0.25, 0.3) is 0 Å². The van der Waals surface area contributed by atoms with E-state index in [9.17, 15) is 5.11 Å². The summed E-state index contributed by atoms with van der Waals surface area (Å²) in [6, 6.07) is 4.21. The highest BCUT2D eigenvalue weighted by atomic mass is 16.5. The van der Waals surface area contributed by atoms with Gasteiger partial charge in [0.05, 0.1) is 11.7 Å². The van der Waals surface area contributed by atoms with Gasteiger partial charge >= 0.3 is 0 Å². The van der Waals surface area contributed by atoms with Gasteiger partial charge in [-0.25, -0.2) is 0 Å². The Hall–Kier alpha value is -1.02. The molecule has 0 bridgehead atoms. The molecule has 1 aromatic rings. The Balaban J connectivity index is 2.32. The number of aryl methyl sites for hydroxylation is 1. The minimum atomic E-state index is -0.462. The van der Waals surface area contributed by atoms with Crippen molar-refractivity contribution in [3.63, 3.8) is 0 Å². The van der Waals surface area contributed by atoms with Crippen LogP contribution in [0.5, 0.6) is 5.75 Å². The third-order valence-electron chi connectivity index (χ3n) is 3.46. The second-order valence-electron chi connectivity index (χ2n) is 5.56. The van der Waals surface area contributed by atoms with Crippen LogP contribution in [0.4, 0.5) is 0 Å². The van der Waals surface area contributed by atoms with Crippen molar-refractivity contribution in [3.05, 3.63) is 28.8 Å². The van der Waals surface area contributed by atoms with Crippen LogP contribution in [-0.4, -0.2) is 16.8 Å². The molecular formula is C15H22O2. The molecule has 0 atom stereocenters. The summed E-state index contributed by atoms with van der Waals surface area (Å²) in [5.41, 5.74) is 3.12.